The molecule has 1 aliphatic rings. The van der Waals surface area contributed by atoms with E-state index in [0.717, 1.165) is 46.5 Å². The van der Waals surface area contributed by atoms with Crippen LogP contribution >= 0.6 is 0 Å². The zero-order chi connectivity index (χ0) is 20.1. The van der Waals surface area contributed by atoms with Crippen molar-refractivity contribution in [1.29, 1.82) is 0 Å². The van der Waals surface area contributed by atoms with E-state index in [2.05, 4.69) is 15.1 Å². The normalized spacial score (nSPS) is 13.7. The van der Waals surface area contributed by atoms with Gasteiger partial charge < -0.3 is 10.5 Å². The number of ether oxygens (including phenoxy) is 1. The van der Waals surface area contributed by atoms with Crippen LogP contribution in [0.15, 0.2) is 47.7 Å². The van der Waals surface area contributed by atoms with Crippen molar-refractivity contribution < 1.29 is 4.74 Å². The molecule has 29 heavy (non-hydrogen) atoms. The van der Waals surface area contributed by atoms with Crippen LogP contribution in [-0.4, -0.2) is 30.3 Å². The van der Waals surface area contributed by atoms with Gasteiger partial charge in [-0.3, -0.25) is 4.40 Å². The van der Waals surface area contributed by atoms with Crippen molar-refractivity contribution in [1.82, 2.24) is 24.1 Å². The predicted octanol–water partition coefficient (Wildman–Crippen LogP) is 2.68. The third-order valence-electron chi connectivity index (χ3n) is 5.16. The van der Waals surface area contributed by atoms with E-state index in [4.69, 9.17) is 10.5 Å². The Balaban J connectivity index is 1.67. The summed E-state index contributed by atoms with van der Waals surface area (Å²) in [5.74, 6) is 1.03. The molecule has 4 aromatic rings. The third-order valence-corrected chi connectivity index (χ3v) is 5.16. The fourth-order valence-electron chi connectivity index (χ4n) is 3.62. The molecule has 0 aliphatic heterocycles. The largest absolute Gasteiger partial charge is 0.490 e. The summed E-state index contributed by atoms with van der Waals surface area (Å²) >= 11 is 0. The van der Waals surface area contributed by atoms with E-state index in [-0.39, 0.29) is 11.6 Å². The highest BCUT2D eigenvalue weighted by Crippen LogP contribution is 2.34. The molecule has 1 saturated carbocycles. The molecule has 0 atom stereocenters. The monoisotopic (exact) mass is 388 g/mol. The molecule has 3 aromatic heterocycles. The van der Waals surface area contributed by atoms with Gasteiger partial charge >= 0.3 is 5.69 Å². The molecule has 0 amide bonds. The minimum Gasteiger partial charge on any atom is -0.490 e. The fourth-order valence-corrected chi connectivity index (χ4v) is 3.62. The minimum atomic E-state index is -0.329. The highest BCUT2D eigenvalue weighted by molar-refractivity contribution is 5.79. The lowest BCUT2D eigenvalue weighted by Crippen LogP contribution is -2.29. The number of rotatable bonds is 4. The van der Waals surface area contributed by atoms with Gasteiger partial charge in [0.15, 0.2) is 0 Å². The van der Waals surface area contributed by atoms with Crippen molar-refractivity contribution in [3.63, 3.8) is 0 Å². The van der Waals surface area contributed by atoms with Gasteiger partial charge in [0.1, 0.15) is 5.75 Å². The second-order valence-electron chi connectivity index (χ2n) is 7.31. The number of nitrogens with zero attached hydrogens (tertiary/aromatic N) is 5. The Kier molecular flexibility index (Phi) is 3.87. The van der Waals surface area contributed by atoms with E-state index in [0.29, 0.717) is 11.8 Å². The number of hydrogen-bond donors (Lipinski definition) is 1. The Bertz CT molecular complexity index is 1290. The first-order valence-corrected chi connectivity index (χ1v) is 9.48. The first-order valence-electron chi connectivity index (χ1n) is 9.48. The fraction of sp³-hybridized carbons (Fsp3) is 0.238. The van der Waals surface area contributed by atoms with Crippen LogP contribution in [0.3, 0.4) is 0 Å². The van der Waals surface area contributed by atoms with Crippen LogP contribution in [0.5, 0.6) is 5.75 Å². The molecule has 8 heteroatoms. The van der Waals surface area contributed by atoms with E-state index < -0.39 is 0 Å². The van der Waals surface area contributed by atoms with Crippen molar-refractivity contribution >= 4 is 11.2 Å². The topological polar surface area (TPSA) is 100 Å². The van der Waals surface area contributed by atoms with E-state index in [1.165, 1.54) is 17.1 Å². The summed E-state index contributed by atoms with van der Waals surface area (Å²) in [4.78, 5) is 21.4. The molecular weight excluding hydrogens is 368 g/mol. The van der Waals surface area contributed by atoms with Crippen molar-refractivity contribution in [2.45, 2.75) is 32.8 Å². The molecule has 1 fully saturated rings. The van der Waals surface area contributed by atoms with Gasteiger partial charge in [-0.2, -0.15) is 5.10 Å². The second-order valence-corrected chi connectivity index (χ2v) is 7.31. The van der Waals surface area contributed by atoms with Gasteiger partial charge in [-0.25, -0.2) is 14.8 Å². The zero-order valence-corrected chi connectivity index (χ0v) is 16.2. The summed E-state index contributed by atoms with van der Waals surface area (Å²) < 4.78 is 8.76. The lowest BCUT2D eigenvalue weighted by atomic mass is 10.0. The standard InChI is InChI=1S/C21H20N6O2/c1-12-18-11-25-27(20-23-9-15(22)10-24-20)21(28)26(18)13(2)19(12)14-4-3-5-17(8-14)29-16-6-7-16/h3-5,8-11,16H,6-7,22H2,1-2H3. The number of fused-ring (bicyclic) bond motifs is 1. The van der Waals surface area contributed by atoms with Gasteiger partial charge in [0.05, 0.1) is 35.9 Å². The number of nitrogens with two attached hydrogens (primary N) is 1. The van der Waals surface area contributed by atoms with Gasteiger partial charge in [0.2, 0.25) is 0 Å². The van der Waals surface area contributed by atoms with E-state index >= 15 is 0 Å². The molecule has 0 unspecified atom stereocenters. The summed E-state index contributed by atoms with van der Waals surface area (Å²) in [6.07, 6.45) is 7.11. The average Bonchev–Trinajstić information content (AvgIpc) is 3.48. The van der Waals surface area contributed by atoms with Crippen molar-refractivity contribution in [2.24, 2.45) is 0 Å². The molecule has 3 heterocycles. The van der Waals surface area contributed by atoms with Crippen LogP contribution in [0, 0.1) is 13.8 Å². The first kappa shape index (κ1) is 17.4. The Morgan fingerprint density at radius 3 is 2.62 bits per heavy atom. The quantitative estimate of drug-likeness (QED) is 0.577. The maximum Gasteiger partial charge on any atom is 0.356 e. The smallest absolute Gasteiger partial charge is 0.356 e. The Morgan fingerprint density at radius 2 is 1.90 bits per heavy atom. The SMILES string of the molecule is Cc1c(-c2cccc(OC3CC3)c2)c(C)n2c(=O)n(-c3ncc(N)cn3)ncc12. The van der Waals surface area contributed by atoms with Gasteiger partial charge in [0, 0.05) is 11.3 Å². The number of benzene rings is 1. The lowest BCUT2D eigenvalue weighted by Gasteiger charge is -2.08. The molecule has 0 bridgehead atoms. The number of anilines is 1. The van der Waals surface area contributed by atoms with E-state index in [9.17, 15) is 4.79 Å². The Hall–Kier alpha value is -3.68. The van der Waals surface area contributed by atoms with Gasteiger partial charge in [0.25, 0.3) is 5.95 Å². The molecule has 146 valence electrons. The summed E-state index contributed by atoms with van der Waals surface area (Å²) in [6.45, 7) is 3.93. The predicted molar refractivity (Wildman–Crippen MR) is 109 cm³/mol. The molecule has 1 aliphatic carbocycles. The highest BCUT2D eigenvalue weighted by Gasteiger charge is 2.24. The van der Waals surface area contributed by atoms with Crippen LogP contribution in [-0.2, 0) is 0 Å². The molecule has 1 aromatic carbocycles. The van der Waals surface area contributed by atoms with Crippen LogP contribution in [0.1, 0.15) is 24.1 Å². The van der Waals surface area contributed by atoms with Crippen molar-refractivity contribution in [3.05, 3.63) is 64.6 Å². The van der Waals surface area contributed by atoms with Crippen molar-refractivity contribution in [2.75, 3.05) is 5.73 Å². The highest BCUT2D eigenvalue weighted by atomic mass is 16.5. The molecule has 2 N–H and O–H groups in total. The second kappa shape index (κ2) is 6.44. The van der Waals surface area contributed by atoms with Gasteiger partial charge in [-0.05, 0) is 49.9 Å². The molecule has 0 saturated heterocycles. The molecule has 0 radical (unpaired) electrons. The van der Waals surface area contributed by atoms with E-state index in [1.54, 1.807) is 10.6 Å². The minimum absolute atomic E-state index is 0.179. The molecule has 5 rings (SSSR count). The summed E-state index contributed by atoms with van der Waals surface area (Å²) in [6, 6.07) is 8.01. The maximum atomic E-state index is 13.2. The van der Waals surface area contributed by atoms with Crippen LogP contribution in [0.25, 0.3) is 22.6 Å². The number of nitrogen functional groups attached to an aromatic ring is 1. The van der Waals surface area contributed by atoms with Crippen LogP contribution in [0.2, 0.25) is 0 Å². The number of aryl methyl sites for hydroxylation is 2. The van der Waals surface area contributed by atoms with Crippen LogP contribution < -0.4 is 16.2 Å². The molecular formula is C21H20N6O2. The third kappa shape index (κ3) is 2.93. The molecule has 8 nitrogen and oxygen atoms in total. The number of aromatic nitrogens is 5. The van der Waals surface area contributed by atoms with Crippen molar-refractivity contribution in [3.8, 4) is 22.8 Å². The summed E-state index contributed by atoms with van der Waals surface area (Å²) in [5, 5.41) is 4.27. The Morgan fingerprint density at radius 1 is 1.14 bits per heavy atom. The van der Waals surface area contributed by atoms with Gasteiger partial charge in [-0.1, -0.05) is 12.1 Å². The first-order chi connectivity index (χ1) is 14.0. The van der Waals surface area contributed by atoms with Gasteiger partial charge in [-0.15, -0.1) is 4.68 Å². The number of hydrogen-bond acceptors (Lipinski definition) is 6. The average molecular weight is 388 g/mol. The van der Waals surface area contributed by atoms with E-state index in [1.807, 2.05) is 38.1 Å². The lowest BCUT2D eigenvalue weighted by molar-refractivity contribution is 0.303. The zero-order valence-electron chi connectivity index (χ0n) is 16.2. The summed E-state index contributed by atoms with van der Waals surface area (Å²) in [5.41, 5.74) is 10.3. The van der Waals surface area contributed by atoms with Crippen LogP contribution in [0.4, 0.5) is 5.69 Å². The summed E-state index contributed by atoms with van der Waals surface area (Å²) in [7, 11) is 0. The maximum absolute atomic E-state index is 13.2. The molecule has 0 spiro atoms. The Labute approximate surface area is 166 Å².